The lowest BCUT2D eigenvalue weighted by molar-refractivity contribution is 0.0716. The van der Waals surface area contributed by atoms with E-state index in [4.69, 9.17) is 4.74 Å². The fourth-order valence-electron chi connectivity index (χ4n) is 5.12. The zero-order chi connectivity index (χ0) is 30.8. The van der Waals surface area contributed by atoms with Gasteiger partial charge in [-0.3, -0.25) is 14.2 Å². The molecular weight excluding hydrogens is 570 g/mol. The Hall–Kier alpha value is -4.80. The largest absolute Gasteiger partial charge is 0.383 e. The molecule has 226 valence electrons. The highest BCUT2D eigenvalue weighted by molar-refractivity contribution is 6.04. The van der Waals surface area contributed by atoms with Gasteiger partial charge in [0.25, 0.3) is 11.5 Å². The van der Waals surface area contributed by atoms with Crippen LogP contribution >= 0.6 is 0 Å². The van der Waals surface area contributed by atoms with Crippen molar-refractivity contribution in [1.29, 1.82) is 5.26 Å². The summed E-state index contributed by atoms with van der Waals surface area (Å²) in [5.41, 5.74) is 2.82. The van der Waals surface area contributed by atoms with Gasteiger partial charge in [0.15, 0.2) is 5.82 Å². The van der Waals surface area contributed by atoms with E-state index in [0.717, 1.165) is 43.3 Å². The Morgan fingerprint density at radius 2 is 1.98 bits per heavy atom. The van der Waals surface area contributed by atoms with E-state index < -0.39 is 12.5 Å². The van der Waals surface area contributed by atoms with E-state index >= 15 is 0 Å². The van der Waals surface area contributed by atoms with Crippen LogP contribution in [-0.2, 0) is 11.3 Å². The van der Waals surface area contributed by atoms with Crippen LogP contribution in [0.15, 0.2) is 53.7 Å². The molecular formula is C31H30F2N8O3. The number of halogens is 2. The van der Waals surface area contributed by atoms with Crippen molar-refractivity contribution in [3.63, 3.8) is 0 Å². The van der Waals surface area contributed by atoms with Crippen LogP contribution in [0.3, 0.4) is 0 Å². The monoisotopic (exact) mass is 600 g/mol. The van der Waals surface area contributed by atoms with Gasteiger partial charge in [-0.1, -0.05) is 6.07 Å². The van der Waals surface area contributed by atoms with Crippen LogP contribution in [0, 0.1) is 11.3 Å². The van der Waals surface area contributed by atoms with E-state index in [2.05, 4.69) is 25.8 Å². The maximum absolute atomic E-state index is 13.8. The number of nitrogens with one attached hydrogen (secondary N) is 2. The first-order chi connectivity index (χ1) is 21.4. The summed E-state index contributed by atoms with van der Waals surface area (Å²) in [6.07, 6.45) is 6.34. The van der Waals surface area contributed by atoms with Crippen molar-refractivity contribution in [2.24, 2.45) is 0 Å². The van der Waals surface area contributed by atoms with Crippen LogP contribution < -0.4 is 16.2 Å². The van der Waals surface area contributed by atoms with E-state index in [0.29, 0.717) is 35.4 Å². The second-order valence-corrected chi connectivity index (χ2v) is 11.0. The number of carbonyl (C=O) groups is 1. The number of methoxy groups -OCH3 is 1. The van der Waals surface area contributed by atoms with Crippen molar-refractivity contribution in [2.45, 2.75) is 50.7 Å². The van der Waals surface area contributed by atoms with Crippen molar-refractivity contribution < 1.29 is 18.3 Å². The smallest absolute Gasteiger partial charge is 0.321 e. The van der Waals surface area contributed by atoms with E-state index in [-0.39, 0.29) is 45.9 Å². The van der Waals surface area contributed by atoms with Crippen LogP contribution in [0.5, 0.6) is 0 Å². The van der Waals surface area contributed by atoms with Crippen LogP contribution in [0.4, 0.5) is 14.6 Å². The molecule has 0 unspecified atom stereocenters. The fraction of sp³-hybridized carbons (Fsp3) is 0.355. The van der Waals surface area contributed by atoms with Gasteiger partial charge in [-0.05, 0) is 72.7 Å². The summed E-state index contributed by atoms with van der Waals surface area (Å²) >= 11 is 0. The normalized spacial score (nSPS) is 14.5. The number of ether oxygens (including phenoxy) is 1. The molecule has 0 radical (unpaired) electrons. The Balaban J connectivity index is 1.37. The van der Waals surface area contributed by atoms with Crippen LogP contribution in [0.2, 0.25) is 0 Å². The number of amides is 1. The number of aromatic nitrogens is 5. The molecule has 0 aliphatic heterocycles. The third-order valence-electron chi connectivity index (χ3n) is 7.66. The molecule has 1 amide bonds. The molecule has 2 aliphatic rings. The molecule has 13 heteroatoms. The van der Waals surface area contributed by atoms with E-state index in [1.807, 2.05) is 12.1 Å². The first kappa shape index (κ1) is 29.3. The van der Waals surface area contributed by atoms with Gasteiger partial charge in [-0.2, -0.15) is 14.0 Å². The molecule has 2 fully saturated rings. The number of nitriles is 1. The first-order valence-corrected chi connectivity index (χ1v) is 14.4. The Bertz CT molecular complexity index is 1800. The molecule has 3 aromatic heterocycles. The predicted octanol–water partition coefficient (Wildman–Crippen LogP) is 4.64. The zero-order valence-electron chi connectivity index (χ0n) is 24.0. The highest BCUT2D eigenvalue weighted by atomic mass is 19.3. The number of hydrogen-bond donors (Lipinski definition) is 2. The molecule has 2 N–H and O–H groups in total. The van der Waals surface area contributed by atoms with E-state index in [1.54, 1.807) is 42.1 Å². The molecule has 1 aromatic carbocycles. The average Bonchev–Trinajstić information content (AvgIpc) is 3.97. The van der Waals surface area contributed by atoms with Crippen LogP contribution in [-0.4, -0.2) is 50.5 Å². The molecule has 4 aromatic rings. The molecule has 0 atom stereocenters. The summed E-state index contributed by atoms with van der Waals surface area (Å²) in [7, 11) is 1.62. The standard InChI is InChI=1S/C31H30F2N8O3/c1-44-9-8-35-15-19-11-25(30(43)40(16-19)22-5-6-22)29(42)38-27-13-21(12-26(37-27)20-3-4-20)23-7-2-18(14-34)10-24(23)28-39-36-17-41(28)31(32)33/h2,7,10-13,16-17,20,22,31,35H,3-6,8-9,15H2,1H3,(H,37,38,42). The molecule has 0 spiro atoms. The molecule has 0 bridgehead atoms. The highest BCUT2D eigenvalue weighted by Crippen LogP contribution is 2.42. The van der Waals surface area contributed by atoms with Crippen molar-refractivity contribution in [3.05, 3.63) is 81.7 Å². The molecule has 11 nitrogen and oxygen atoms in total. The highest BCUT2D eigenvalue weighted by Gasteiger charge is 2.29. The summed E-state index contributed by atoms with van der Waals surface area (Å²) in [6.45, 7) is -1.28. The molecule has 3 heterocycles. The summed E-state index contributed by atoms with van der Waals surface area (Å²) < 4.78 is 34.9. The minimum absolute atomic E-state index is 0.00668. The molecule has 0 saturated heterocycles. The maximum Gasteiger partial charge on any atom is 0.321 e. The lowest BCUT2D eigenvalue weighted by atomic mass is 9.96. The van der Waals surface area contributed by atoms with Crippen LogP contribution in [0.25, 0.3) is 22.5 Å². The SMILES string of the molecule is COCCNCc1cc(C(=O)Nc2cc(-c3ccc(C#N)cc3-c3nncn3C(F)F)cc(C3CC3)n2)c(=O)n(C2CC2)c1. The van der Waals surface area contributed by atoms with E-state index in [9.17, 15) is 23.6 Å². The Morgan fingerprint density at radius 3 is 2.68 bits per heavy atom. The van der Waals surface area contributed by atoms with Crippen molar-refractivity contribution >= 4 is 11.7 Å². The summed E-state index contributed by atoms with van der Waals surface area (Å²) in [4.78, 5) is 31.6. The lowest BCUT2D eigenvalue weighted by Crippen LogP contribution is -2.30. The molecule has 44 heavy (non-hydrogen) atoms. The van der Waals surface area contributed by atoms with Gasteiger partial charge in [-0.25, -0.2) is 4.98 Å². The van der Waals surface area contributed by atoms with Crippen molar-refractivity contribution in [2.75, 3.05) is 25.6 Å². The summed E-state index contributed by atoms with van der Waals surface area (Å²) in [5, 5.41) is 23.2. The quantitative estimate of drug-likeness (QED) is 0.224. The average molecular weight is 601 g/mol. The molecule has 2 saturated carbocycles. The topological polar surface area (TPSA) is 140 Å². The number of alkyl halides is 2. The van der Waals surface area contributed by atoms with E-state index in [1.165, 1.54) is 6.07 Å². The Kier molecular flexibility index (Phi) is 8.28. The van der Waals surface area contributed by atoms with Gasteiger partial charge in [0.05, 0.1) is 18.2 Å². The van der Waals surface area contributed by atoms with Crippen LogP contribution in [0.1, 0.15) is 71.4 Å². The predicted molar refractivity (Wildman–Crippen MR) is 157 cm³/mol. The zero-order valence-corrected chi connectivity index (χ0v) is 24.0. The second kappa shape index (κ2) is 12.4. The number of benzene rings is 1. The number of anilines is 1. The Labute approximate surface area is 251 Å². The van der Waals surface area contributed by atoms with Crippen molar-refractivity contribution in [3.8, 4) is 28.6 Å². The number of nitrogens with zero attached hydrogens (tertiary/aromatic N) is 6. The minimum Gasteiger partial charge on any atom is -0.383 e. The van der Waals surface area contributed by atoms with Gasteiger partial charge in [-0.15, -0.1) is 10.2 Å². The molecule has 6 rings (SSSR count). The lowest BCUT2D eigenvalue weighted by Gasteiger charge is -2.15. The van der Waals surface area contributed by atoms with Crippen molar-refractivity contribution in [1.82, 2.24) is 29.6 Å². The van der Waals surface area contributed by atoms with Gasteiger partial charge in [0, 0.05) is 49.6 Å². The van der Waals surface area contributed by atoms with Gasteiger partial charge >= 0.3 is 6.55 Å². The summed E-state index contributed by atoms with van der Waals surface area (Å²) in [5.74, 6) is -0.280. The third kappa shape index (κ3) is 6.27. The Morgan fingerprint density at radius 1 is 1.16 bits per heavy atom. The third-order valence-corrected chi connectivity index (χ3v) is 7.66. The number of rotatable bonds is 12. The van der Waals surface area contributed by atoms with Gasteiger partial charge in [0.2, 0.25) is 0 Å². The second-order valence-electron chi connectivity index (χ2n) is 11.0. The number of hydrogen-bond acceptors (Lipinski definition) is 8. The first-order valence-electron chi connectivity index (χ1n) is 14.4. The summed E-state index contributed by atoms with van der Waals surface area (Å²) in [6, 6.07) is 11.9. The number of carbonyl (C=O) groups excluding carboxylic acids is 1. The maximum atomic E-state index is 13.8. The molecule has 2 aliphatic carbocycles. The van der Waals surface area contributed by atoms with Gasteiger partial charge < -0.3 is 19.9 Å². The fourth-order valence-corrected chi connectivity index (χ4v) is 5.12. The number of pyridine rings is 2. The van der Waals surface area contributed by atoms with Gasteiger partial charge in [0.1, 0.15) is 17.7 Å². The minimum atomic E-state index is -2.89.